The average molecular weight is 421 g/mol. The summed E-state index contributed by atoms with van der Waals surface area (Å²) in [7, 11) is 8.07. The number of carbonyl (C=O) groups is 2. The van der Waals surface area contributed by atoms with Crippen LogP contribution in [0.3, 0.4) is 0 Å². The van der Waals surface area contributed by atoms with Crippen LogP contribution in [-0.2, 0) is 9.59 Å². The van der Waals surface area contributed by atoms with Crippen molar-refractivity contribution in [3.05, 3.63) is 11.8 Å². The maximum atomic E-state index is 13.1. The molecule has 6 heteroatoms. The van der Waals surface area contributed by atoms with E-state index in [1.807, 2.05) is 30.1 Å². The van der Waals surface area contributed by atoms with Crippen molar-refractivity contribution in [3.8, 4) is 0 Å². The highest BCUT2D eigenvalue weighted by Gasteiger charge is 2.41. The molecular weight excluding hydrogens is 376 g/mol. The normalized spacial score (nSPS) is 26.2. The summed E-state index contributed by atoms with van der Waals surface area (Å²) in [5.74, 6) is 1.33. The number of fused-ring (bicyclic) bond motifs is 1. The number of hydrogen-bond acceptors (Lipinski definition) is 5. The minimum absolute atomic E-state index is 0.286. The van der Waals surface area contributed by atoms with Crippen LogP contribution in [0.2, 0.25) is 0 Å². The van der Waals surface area contributed by atoms with Crippen molar-refractivity contribution in [2.45, 2.75) is 58.4 Å². The van der Waals surface area contributed by atoms with Gasteiger partial charge >= 0.3 is 0 Å². The highest BCUT2D eigenvalue weighted by atomic mass is 16.2. The van der Waals surface area contributed by atoms with Crippen LogP contribution in [0.4, 0.5) is 0 Å². The molecule has 1 saturated carbocycles. The predicted molar refractivity (Wildman–Crippen MR) is 123 cm³/mol. The molecule has 0 radical (unpaired) electrons. The Bertz CT molecular complexity index is 602. The molecule has 2 rings (SSSR count). The molecule has 1 amide bonds. The van der Waals surface area contributed by atoms with Gasteiger partial charge in [0.15, 0.2) is 5.78 Å². The van der Waals surface area contributed by atoms with E-state index in [1.54, 1.807) is 0 Å². The van der Waals surface area contributed by atoms with Crippen molar-refractivity contribution in [1.82, 2.24) is 19.6 Å². The lowest BCUT2D eigenvalue weighted by Gasteiger charge is -2.47. The number of rotatable bonds is 10. The van der Waals surface area contributed by atoms with Gasteiger partial charge in [0, 0.05) is 70.9 Å². The first kappa shape index (κ1) is 24.9. The number of likely N-dealkylation sites (N-methyl/N-ethyl adjacent to an activating group) is 1. The van der Waals surface area contributed by atoms with E-state index in [4.69, 9.17) is 0 Å². The molecule has 3 atom stereocenters. The second-order valence-corrected chi connectivity index (χ2v) is 9.76. The van der Waals surface area contributed by atoms with E-state index >= 15 is 0 Å². The fourth-order valence-electron chi connectivity index (χ4n) is 5.10. The van der Waals surface area contributed by atoms with Crippen LogP contribution in [-0.4, -0.2) is 98.2 Å². The number of Topliss-reactive ketones (excluding diaryl/α,β-unsaturated/α-hetero) is 1. The van der Waals surface area contributed by atoms with Crippen molar-refractivity contribution in [1.29, 1.82) is 0 Å². The molecule has 0 spiro atoms. The first-order chi connectivity index (χ1) is 14.2. The molecule has 0 N–H and O–H groups in total. The molecule has 6 nitrogen and oxygen atoms in total. The van der Waals surface area contributed by atoms with E-state index in [0.717, 1.165) is 64.0 Å². The van der Waals surface area contributed by atoms with Crippen LogP contribution in [0.25, 0.3) is 0 Å². The lowest BCUT2D eigenvalue weighted by molar-refractivity contribution is -0.133. The SMILES string of the molecule is CCCN(CCN(C)C)C(=O)C[C@H]1C[C@@H]2CC(=O)C(=CN(C)C)C[C@H]2N(CCC)C1. The lowest BCUT2D eigenvalue weighted by atomic mass is 9.72. The first-order valence-corrected chi connectivity index (χ1v) is 11.8. The number of piperidine rings is 1. The molecule has 0 aromatic rings. The summed E-state index contributed by atoms with van der Waals surface area (Å²) in [6, 6.07) is 0.445. The Morgan fingerprint density at radius 3 is 2.40 bits per heavy atom. The van der Waals surface area contributed by atoms with Gasteiger partial charge in [-0.2, -0.15) is 0 Å². The fourth-order valence-corrected chi connectivity index (χ4v) is 5.10. The third kappa shape index (κ3) is 7.09. The molecule has 0 bridgehead atoms. The molecule has 2 fully saturated rings. The Morgan fingerprint density at radius 2 is 1.80 bits per heavy atom. The van der Waals surface area contributed by atoms with Crippen LogP contribution < -0.4 is 0 Å². The maximum Gasteiger partial charge on any atom is 0.222 e. The summed E-state index contributed by atoms with van der Waals surface area (Å²) in [6.45, 7) is 8.93. The van der Waals surface area contributed by atoms with Crippen molar-refractivity contribution >= 4 is 11.7 Å². The lowest BCUT2D eigenvalue weighted by Crippen LogP contribution is -2.52. The van der Waals surface area contributed by atoms with Gasteiger partial charge in [-0.3, -0.25) is 14.5 Å². The first-order valence-electron chi connectivity index (χ1n) is 11.8. The van der Waals surface area contributed by atoms with Crippen LogP contribution in [0, 0.1) is 11.8 Å². The van der Waals surface area contributed by atoms with E-state index in [-0.39, 0.29) is 5.91 Å². The number of amides is 1. The van der Waals surface area contributed by atoms with Gasteiger partial charge in [0.2, 0.25) is 5.91 Å². The Hall–Kier alpha value is -1.40. The number of carbonyl (C=O) groups excluding carboxylic acids is 2. The van der Waals surface area contributed by atoms with Gasteiger partial charge in [-0.25, -0.2) is 0 Å². The Labute approximate surface area is 184 Å². The van der Waals surface area contributed by atoms with Crippen LogP contribution in [0.5, 0.6) is 0 Å². The summed E-state index contributed by atoms with van der Waals surface area (Å²) in [5, 5.41) is 0. The molecular formula is C24H44N4O2. The van der Waals surface area contributed by atoms with Gasteiger partial charge in [0.1, 0.15) is 0 Å². The fraction of sp³-hybridized carbons (Fsp3) is 0.833. The molecule has 30 heavy (non-hydrogen) atoms. The van der Waals surface area contributed by atoms with Crippen LogP contribution in [0.15, 0.2) is 11.8 Å². The zero-order chi connectivity index (χ0) is 22.3. The van der Waals surface area contributed by atoms with Crippen LogP contribution in [0.1, 0.15) is 52.4 Å². The monoisotopic (exact) mass is 420 g/mol. The maximum absolute atomic E-state index is 13.1. The topological polar surface area (TPSA) is 47.1 Å². The second-order valence-electron chi connectivity index (χ2n) is 9.76. The molecule has 1 heterocycles. The Kier molecular flexibility index (Phi) is 9.82. The van der Waals surface area contributed by atoms with Gasteiger partial charge in [-0.15, -0.1) is 0 Å². The molecule has 1 aliphatic heterocycles. The quantitative estimate of drug-likeness (QED) is 0.509. The van der Waals surface area contributed by atoms with E-state index in [0.29, 0.717) is 36.5 Å². The van der Waals surface area contributed by atoms with Gasteiger partial charge in [-0.1, -0.05) is 13.8 Å². The molecule has 0 aromatic heterocycles. The zero-order valence-electron chi connectivity index (χ0n) is 20.2. The number of ketones is 1. The highest BCUT2D eigenvalue weighted by Crippen LogP contribution is 2.39. The summed E-state index contributed by atoms with van der Waals surface area (Å²) < 4.78 is 0. The van der Waals surface area contributed by atoms with E-state index < -0.39 is 0 Å². The van der Waals surface area contributed by atoms with E-state index in [1.165, 1.54) is 0 Å². The van der Waals surface area contributed by atoms with Crippen molar-refractivity contribution in [3.63, 3.8) is 0 Å². The summed E-state index contributed by atoms with van der Waals surface area (Å²) in [4.78, 5) is 34.5. The number of nitrogens with zero attached hydrogens (tertiary/aromatic N) is 4. The van der Waals surface area contributed by atoms with Crippen molar-refractivity contribution in [2.24, 2.45) is 11.8 Å². The Balaban J connectivity index is 2.06. The minimum Gasteiger partial charge on any atom is -0.383 e. The van der Waals surface area contributed by atoms with Gasteiger partial charge in [0.25, 0.3) is 0 Å². The smallest absolute Gasteiger partial charge is 0.222 e. The number of likely N-dealkylation sites (tertiary alicyclic amines) is 1. The zero-order valence-corrected chi connectivity index (χ0v) is 20.2. The standard InChI is InChI=1S/C24H44N4O2/c1-7-9-27(12-11-25(3)4)24(30)14-19-13-20-16-23(29)21(18-26(5)6)15-22(20)28(17-19)10-8-2/h18-20,22H,7-17H2,1-6H3/t19-,20-,22-/m1/s1. The molecule has 0 unspecified atom stereocenters. The Morgan fingerprint density at radius 1 is 1.07 bits per heavy atom. The van der Waals surface area contributed by atoms with Crippen molar-refractivity contribution < 1.29 is 9.59 Å². The number of hydrogen-bond donors (Lipinski definition) is 0. The highest BCUT2D eigenvalue weighted by molar-refractivity contribution is 5.96. The van der Waals surface area contributed by atoms with Crippen LogP contribution >= 0.6 is 0 Å². The third-order valence-electron chi connectivity index (χ3n) is 6.43. The largest absolute Gasteiger partial charge is 0.383 e. The van der Waals surface area contributed by atoms with E-state index in [9.17, 15) is 9.59 Å². The predicted octanol–water partition coefficient (Wildman–Crippen LogP) is 2.70. The summed E-state index contributed by atoms with van der Waals surface area (Å²) >= 11 is 0. The summed E-state index contributed by atoms with van der Waals surface area (Å²) in [5.41, 5.74) is 0.967. The van der Waals surface area contributed by atoms with Crippen molar-refractivity contribution in [2.75, 3.05) is 60.9 Å². The third-order valence-corrected chi connectivity index (χ3v) is 6.43. The van der Waals surface area contributed by atoms with Gasteiger partial charge in [-0.05, 0) is 58.2 Å². The summed E-state index contributed by atoms with van der Waals surface area (Å²) in [6.07, 6.45) is 7.21. The molecule has 1 saturated heterocycles. The minimum atomic E-state index is 0.286. The second kappa shape index (κ2) is 11.8. The molecule has 0 aromatic carbocycles. The molecule has 172 valence electrons. The molecule has 2 aliphatic rings. The van der Waals surface area contributed by atoms with Gasteiger partial charge < -0.3 is 14.7 Å². The average Bonchev–Trinajstić information content (AvgIpc) is 2.65. The molecule has 1 aliphatic carbocycles. The van der Waals surface area contributed by atoms with E-state index in [2.05, 4.69) is 37.7 Å². The van der Waals surface area contributed by atoms with Gasteiger partial charge in [0.05, 0.1) is 0 Å².